The molecule has 0 atom stereocenters. The summed E-state index contributed by atoms with van der Waals surface area (Å²) in [5, 5.41) is 15.2. The molecule has 34 heavy (non-hydrogen) atoms. The van der Waals surface area contributed by atoms with Gasteiger partial charge in [0.05, 0.1) is 0 Å². The van der Waals surface area contributed by atoms with E-state index >= 15 is 0 Å². The number of aryl methyl sites for hydroxylation is 2. The lowest BCUT2D eigenvalue weighted by Gasteiger charge is -2.13. The molecule has 4 aromatic carbocycles. The van der Waals surface area contributed by atoms with Crippen molar-refractivity contribution >= 4 is 40.0 Å². The summed E-state index contributed by atoms with van der Waals surface area (Å²) in [6.07, 6.45) is 1.60. The van der Waals surface area contributed by atoms with E-state index in [1.165, 1.54) is 0 Å². The van der Waals surface area contributed by atoms with Gasteiger partial charge in [-0.05, 0) is 71.7 Å². The van der Waals surface area contributed by atoms with E-state index in [4.69, 9.17) is 16.3 Å². The first-order valence-electron chi connectivity index (χ1n) is 10.8. The van der Waals surface area contributed by atoms with Crippen LogP contribution in [0.3, 0.4) is 0 Å². The first-order valence-corrected chi connectivity index (χ1v) is 11.2. The molecule has 0 unspecified atom stereocenters. The maximum absolute atomic E-state index is 13.0. The average molecular weight is 467 g/mol. The maximum atomic E-state index is 13.0. The van der Waals surface area contributed by atoms with Crippen molar-refractivity contribution in [2.45, 2.75) is 20.5 Å². The fraction of sp³-hybridized carbons (Fsp3) is 0.103. The van der Waals surface area contributed by atoms with Crippen LogP contribution in [0.25, 0.3) is 16.8 Å². The van der Waals surface area contributed by atoms with Gasteiger partial charge >= 0.3 is 0 Å². The lowest BCUT2D eigenvalue weighted by molar-refractivity contribution is -0.112. The summed E-state index contributed by atoms with van der Waals surface area (Å²) < 4.78 is 6.12. The summed E-state index contributed by atoms with van der Waals surface area (Å²) in [6, 6.07) is 26.9. The standard InChI is InChI=1S/C29H23ClN2O2/c1-19-7-8-20(2)27(15-19)32-29(33)23(17-31)16-26-25-6-4-3-5-22(25)11-14-28(26)34-18-21-9-12-24(30)13-10-21/h3-16H,18H2,1-2H3,(H,32,33)/b23-16+. The van der Waals surface area contributed by atoms with Crippen LogP contribution in [0.2, 0.25) is 5.02 Å². The molecule has 0 saturated heterocycles. The van der Waals surface area contributed by atoms with Gasteiger partial charge in [0.25, 0.3) is 5.91 Å². The van der Waals surface area contributed by atoms with E-state index in [9.17, 15) is 10.1 Å². The van der Waals surface area contributed by atoms with Gasteiger partial charge < -0.3 is 10.1 Å². The number of nitrogens with one attached hydrogen (secondary N) is 1. The molecule has 0 bridgehead atoms. The largest absolute Gasteiger partial charge is 0.488 e. The molecule has 0 aromatic heterocycles. The first-order chi connectivity index (χ1) is 16.4. The first kappa shape index (κ1) is 23.1. The van der Waals surface area contributed by atoms with E-state index in [1.807, 2.05) is 92.7 Å². The monoisotopic (exact) mass is 466 g/mol. The Balaban J connectivity index is 1.70. The third kappa shape index (κ3) is 5.28. The number of carbonyl (C=O) groups excluding carboxylic acids is 1. The van der Waals surface area contributed by atoms with Gasteiger partial charge in [-0.15, -0.1) is 0 Å². The molecule has 4 aromatic rings. The van der Waals surface area contributed by atoms with E-state index in [0.29, 0.717) is 28.6 Å². The zero-order chi connectivity index (χ0) is 24.1. The third-order valence-corrected chi connectivity index (χ3v) is 5.79. The Morgan fingerprint density at radius 3 is 2.56 bits per heavy atom. The Hall–Kier alpha value is -4.07. The Morgan fingerprint density at radius 1 is 1.03 bits per heavy atom. The topological polar surface area (TPSA) is 62.1 Å². The number of anilines is 1. The van der Waals surface area contributed by atoms with Crippen molar-refractivity contribution in [1.29, 1.82) is 5.26 Å². The summed E-state index contributed by atoms with van der Waals surface area (Å²) >= 11 is 5.98. The van der Waals surface area contributed by atoms with Crippen molar-refractivity contribution in [3.05, 3.63) is 112 Å². The maximum Gasteiger partial charge on any atom is 0.266 e. The second-order valence-corrected chi connectivity index (χ2v) is 8.49. The number of halogens is 1. The second kappa shape index (κ2) is 10.2. The summed E-state index contributed by atoms with van der Waals surface area (Å²) in [7, 11) is 0. The Labute approximate surface area is 204 Å². The SMILES string of the molecule is Cc1ccc(C)c(NC(=O)/C(C#N)=C/c2c(OCc3ccc(Cl)cc3)ccc3ccccc23)c1. The molecule has 0 saturated carbocycles. The molecule has 0 fully saturated rings. The number of hydrogen-bond donors (Lipinski definition) is 1. The van der Waals surface area contributed by atoms with E-state index in [0.717, 1.165) is 27.5 Å². The second-order valence-electron chi connectivity index (χ2n) is 8.06. The number of nitrogens with zero attached hydrogens (tertiary/aromatic N) is 1. The van der Waals surface area contributed by atoms with Crippen LogP contribution in [-0.4, -0.2) is 5.91 Å². The number of ether oxygens (including phenoxy) is 1. The highest BCUT2D eigenvalue weighted by atomic mass is 35.5. The molecule has 5 heteroatoms. The Bertz CT molecular complexity index is 1430. The fourth-order valence-corrected chi connectivity index (χ4v) is 3.77. The Morgan fingerprint density at radius 2 is 1.79 bits per heavy atom. The lowest BCUT2D eigenvalue weighted by Crippen LogP contribution is -2.14. The molecule has 0 spiro atoms. The third-order valence-electron chi connectivity index (χ3n) is 5.53. The molecule has 4 rings (SSSR count). The van der Waals surface area contributed by atoms with Crippen LogP contribution >= 0.6 is 11.6 Å². The lowest BCUT2D eigenvalue weighted by atomic mass is 10.0. The van der Waals surface area contributed by atoms with Gasteiger partial charge in [-0.25, -0.2) is 0 Å². The predicted molar refractivity (Wildman–Crippen MR) is 138 cm³/mol. The molecule has 0 aliphatic rings. The molecule has 0 aliphatic heterocycles. The molecule has 0 heterocycles. The van der Waals surface area contributed by atoms with Crippen LogP contribution in [0.4, 0.5) is 5.69 Å². The molecular weight excluding hydrogens is 444 g/mol. The zero-order valence-electron chi connectivity index (χ0n) is 18.9. The van der Waals surface area contributed by atoms with Gasteiger partial charge in [0.2, 0.25) is 0 Å². The van der Waals surface area contributed by atoms with Gasteiger partial charge in [-0.2, -0.15) is 5.26 Å². The molecule has 0 radical (unpaired) electrons. The van der Waals surface area contributed by atoms with Crippen molar-refractivity contribution in [3.63, 3.8) is 0 Å². The minimum atomic E-state index is -0.465. The fourth-order valence-electron chi connectivity index (χ4n) is 3.65. The highest BCUT2D eigenvalue weighted by Gasteiger charge is 2.15. The van der Waals surface area contributed by atoms with Crippen LogP contribution in [0.5, 0.6) is 5.75 Å². The van der Waals surface area contributed by atoms with E-state index in [2.05, 4.69) is 11.4 Å². The van der Waals surface area contributed by atoms with Crippen LogP contribution in [-0.2, 0) is 11.4 Å². The number of carbonyl (C=O) groups is 1. The molecular formula is C29H23ClN2O2. The minimum absolute atomic E-state index is 0.00592. The molecule has 0 aliphatic carbocycles. The summed E-state index contributed by atoms with van der Waals surface area (Å²) in [5.41, 5.74) is 4.26. The van der Waals surface area contributed by atoms with Crippen LogP contribution < -0.4 is 10.1 Å². The van der Waals surface area contributed by atoms with Gasteiger partial charge in [0.1, 0.15) is 24.0 Å². The van der Waals surface area contributed by atoms with Crippen LogP contribution in [0.15, 0.2) is 84.4 Å². The predicted octanol–water partition coefficient (Wildman–Crippen LogP) is 7.23. The average Bonchev–Trinajstić information content (AvgIpc) is 2.84. The normalized spacial score (nSPS) is 11.2. The van der Waals surface area contributed by atoms with Crippen molar-refractivity contribution < 1.29 is 9.53 Å². The van der Waals surface area contributed by atoms with Crippen LogP contribution in [0, 0.1) is 25.2 Å². The number of amides is 1. The van der Waals surface area contributed by atoms with Gasteiger partial charge in [0, 0.05) is 16.3 Å². The molecule has 4 nitrogen and oxygen atoms in total. The summed E-state index contributed by atoms with van der Waals surface area (Å²) in [5.74, 6) is 0.119. The van der Waals surface area contributed by atoms with E-state index in [1.54, 1.807) is 6.08 Å². The van der Waals surface area contributed by atoms with Crippen LogP contribution in [0.1, 0.15) is 22.3 Å². The van der Waals surface area contributed by atoms with Gasteiger partial charge in [-0.1, -0.05) is 66.2 Å². The molecule has 1 amide bonds. The Kier molecular flexibility index (Phi) is 6.96. The summed E-state index contributed by atoms with van der Waals surface area (Å²) in [4.78, 5) is 13.0. The van der Waals surface area contributed by atoms with E-state index < -0.39 is 5.91 Å². The van der Waals surface area contributed by atoms with Crippen molar-refractivity contribution in [2.75, 3.05) is 5.32 Å². The minimum Gasteiger partial charge on any atom is -0.488 e. The number of nitriles is 1. The summed E-state index contributed by atoms with van der Waals surface area (Å²) in [6.45, 7) is 4.20. The van der Waals surface area contributed by atoms with Crippen molar-refractivity contribution in [1.82, 2.24) is 0 Å². The highest BCUT2D eigenvalue weighted by molar-refractivity contribution is 6.30. The smallest absolute Gasteiger partial charge is 0.266 e. The number of fused-ring (bicyclic) bond motifs is 1. The number of hydrogen-bond acceptors (Lipinski definition) is 3. The van der Waals surface area contributed by atoms with Gasteiger partial charge in [-0.3, -0.25) is 4.79 Å². The molecule has 1 N–H and O–H groups in total. The van der Waals surface area contributed by atoms with Crippen molar-refractivity contribution in [3.8, 4) is 11.8 Å². The quantitative estimate of drug-likeness (QED) is 0.241. The van der Waals surface area contributed by atoms with Gasteiger partial charge in [0.15, 0.2) is 0 Å². The number of rotatable bonds is 6. The highest BCUT2D eigenvalue weighted by Crippen LogP contribution is 2.31. The zero-order valence-corrected chi connectivity index (χ0v) is 19.7. The molecule has 168 valence electrons. The van der Waals surface area contributed by atoms with Crippen molar-refractivity contribution in [2.24, 2.45) is 0 Å². The van der Waals surface area contributed by atoms with E-state index in [-0.39, 0.29) is 5.57 Å². The number of benzene rings is 4.